The fourth-order valence-corrected chi connectivity index (χ4v) is 1.67. The number of hydrogen-bond donors (Lipinski definition) is 3. The van der Waals surface area contributed by atoms with Crippen LogP contribution < -0.4 is 16.4 Å². The lowest BCUT2D eigenvalue weighted by atomic mass is 10.1. The first-order chi connectivity index (χ1) is 9.81. The quantitative estimate of drug-likeness (QED) is 0.727. The van der Waals surface area contributed by atoms with Gasteiger partial charge in [-0.3, -0.25) is 9.59 Å². The summed E-state index contributed by atoms with van der Waals surface area (Å²) >= 11 is 0. The number of benzene rings is 1. The highest BCUT2D eigenvalue weighted by Crippen LogP contribution is 2.08. The van der Waals surface area contributed by atoms with Crippen LogP contribution >= 0.6 is 0 Å². The minimum atomic E-state index is -0.627. The van der Waals surface area contributed by atoms with E-state index in [9.17, 15) is 14.0 Å². The van der Waals surface area contributed by atoms with Crippen molar-refractivity contribution in [2.75, 3.05) is 6.54 Å². The second kappa shape index (κ2) is 7.73. The lowest BCUT2D eigenvalue weighted by Gasteiger charge is -2.15. The Kier molecular flexibility index (Phi) is 6.30. The van der Waals surface area contributed by atoms with Crippen LogP contribution in [0.4, 0.5) is 4.39 Å². The van der Waals surface area contributed by atoms with Crippen LogP contribution in [-0.2, 0) is 16.1 Å². The van der Waals surface area contributed by atoms with Crippen molar-refractivity contribution in [3.63, 3.8) is 0 Å². The van der Waals surface area contributed by atoms with Gasteiger partial charge in [-0.05, 0) is 30.0 Å². The normalized spacial score (nSPS) is 12.1. The maximum absolute atomic E-state index is 13.1. The minimum Gasteiger partial charge on any atom is -0.350 e. The van der Waals surface area contributed by atoms with E-state index < -0.39 is 6.04 Å². The van der Waals surface area contributed by atoms with Crippen molar-refractivity contribution < 1.29 is 14.0 Å². The molecule has 5 nitrogen and oxygen atoms in total. The average Bonchev–Trinajstić information content (AvgIpc) is 2.44. The van der Waals surface area contributed by atoms with Gasteiger partial charge in [0, 0.05) is 6.54 Å². The van der Waals surface area contributed by atoms with E-state index in [1.807, 2.05) is 13.8 Å². The van der Waals surface area contributed by atoms with Gasteiger partial charge >= 0.3 is 0 Å². The third kappa shape index (κ3) is 5.51. The van der Waals surface area contributed by atoms with E-state index in [1.165, 1.54) is 6.07 Å². The molecule has 0 spiro atoms. The zero-order valence-corrected chi connectivity index (χ0v) is 12.6. The zero-order chi connectivity index (χ0) is 16.0. The monoisotopic (exact) mass is 295 g/mol. The fourth-order valence-electron chi connectivity index (χ4n) is 1.67. The van der Waals surface area contributed by atoms with Crippen LogP contribution in [0.25, 0.3) is 0 Å². The molecule has 1 aromatic carbocycles. The van der Waals surface area contributed by atoms with Crippen molar-refractivity contribution in [1.82, 2.24) is 10.6 Å². The Hall–Kier alpha value is -1.95. The van der Waals surface area contributed by atoms with Crippen LogP contribution in [0.15, 0.2) is 18.2 Å². The molecule has 0 aliphatic carbocycles. The molecule has 0 saturated heterocycles. The summed E-state index contributed by atoms with van der Waals surface area (Å²) < 4.78 is 13.1. The fraction of sp³-hybridized carbons (Fsp3) is 0.467. The molecule has 1 atom stereocenters. The third-order valence-electron chi connectivity index (χ3n) is 3.16. The molecule has 0 aliphatic heterocycles. The van der Waals surface area contributed by atoms with Crippen molar-refractivity contribution in [3.05, 3.63) is 35.1 Å². The highest BCUT2D eigenvalue weighted by Gasteiger charge is 2.17. The maximum Gasteiger partial charge on any atom is 0.239 e. The molecule has 0 aromatic heterocycles. The van der Waals surface area contributed by atoms with Gasteiger partial charge in [-0.25, -0.2) is 4.39 Å². The van der Waals surface area contributed by atoms with Crippen molar-refractivity contribution in [2.24, 2.45) is 11.7 Å². The summed E-state index contributed by atoms with van der Waals surface area (Å²) in [5.41, 5.74) is 6.99. The van der Waals surface area contributed by atoms with Crippen molar-refractivity contribution >= 4 is 11.8 Å². The van der Waals surface area contributed by atoms with Crippen LogP contribution in [0.2, 0.25) is 0 Å². The highest BCUT2D eigenvalue weighted by atomic mass is 19.1. The minimum absolute atomic E-state index is 0.00949. The number of nitrogens with two attached hydrogens (primary N) is 1. The standard InChI is InChI=1S/C15H22FN3O2/c1-9(2)14(17)15(21)19-8-13(20)18-7-11-4-5-12(16)10(3)6-11/h4-6,9,14H,7-8,17H2,1-3H3,(H,18,20)(H,19,21)/t14-/m0/s1. The molecular formula is C15H22FN3O2. The van der Waals surface area contributed by atoms with Gasteiger partial charge in [-0.15, -0.1) is 0 Å². The summed E-state index contributed by atoms with van der Waals surface area (Å²) in [7, 11) is 0. The third-order valence-corrected chi connectivity index (χ3v) is 3.16. The summed E-state index contributed by atoms with van der Waals surface area (Å²) in [6, 6.07) is 4.01. The van der Waals surface area contributed by atoms with E-state index in [2.05, 4.69) is 10.6 Å². The van der Waals surface area contributed by atoms with E-state index >= 15 is 0 Å². The second-order valence-corrected chi connectivity index (χ2v) is 5.35. The number of rotatable bonds is 6. The van der Waals surface area contributed by atoms with Gasteiger partial charge in [0.25, 0.3) is 0 Å². The molecule has 1 rings (SSSR count). The summed E-state index contributed by atoms with van der Waals surface area (Å²) in [6.07, 6.45) is 0. The first-order valence-corrected chi connectivity index (χ1v) is 6.86. The predicted molar refractivity (Wildman–Crippen MR) is 78.8 cm³/mol. The van der Waals surface area contributed by atoms with E-state index in [4.69, 9.17) is 5.73 Å². The second-order valence-electron chi connectivity index (χ2n) is 5.35. The van der Waals surface area contributed by atoms with E-state index in [-0.39, 0.29) is 36.6 Å². The van der Waals surface area contributed by atoms with E-state index in [0.717, 1.165) is 5.56 Å². The van der Waals surface area contributed by atoms with Gasteiger partial charge in [0.15, 0.2) is 0 Å². The van der Waals surface area contributed by atoms with Crippen LogP contribution in [0.5, 0.6) is 0 Å². The molecule has 2 amide bonds. The first-order valence-electron chi connectivity index (χ1n) is 6.86. The van der Waals surface area contributed by atoms with E-state index in [1.54, 1.807) is 19.1 Å². The topological polar surface area (TPSA) is 84.2 Å². The lowest BCUT2D eigenvalue weighted by Crippen LogP contribution is -2.47. The van der Waals surface area contributed by atoms with Crippen LogP contribution in [0.3, 0.4) is 0 Å². The highest BCUT2D eigenvalue weighted by molar-refractivity contribution is 5.87. The summed E-state index contributed by atoms with van der Waals surface area (Å²) in [5.74, 6) is -0.936. The number of carbonyl (C=O) groups is 2. The molecule has 0 radical (unpaired) electrons. The van der Waals surface area contributed by atoms with Gasteiger partial charge in [0.05, 0.1) is 12.6 Å². The van der Waals surface area contributed by atoms with Crippen LogP contribution in [-0.4, -0.2) is 24.4 Å². The van der Waals surface area contributed by atoms with Gasteiger partial charge < -0.3 is 16.4 Å². The SMILES string of the molecule is Cc1cc(CNC(=O)CNC(=O)[C@@H](N)C(C)C)ccc1F. The Labute approximate surface area is 124 Å². The summed E-state index contributed by atoms with van der Waals surface area (Å²) in [4.78, 5) is 23.2. The number of halogens is 1. The Morgan fingerprint density at radius 2 is 1.95 bits per heavy atom. The molecule has 0 saturated carbocycles. The summed E-state index contributed by atoms with van der Waals surface area (Å²) in [6.45, 7) is 5.49. The van der Waals surface area contributed by atoms with Gasteiger partial charge in [-0.1, -0.05) is 26.0 Å². The van der Waals surface area contributed by atoms with Crippen molar-refractivity contribution in [1.29, 1.82) is 0 Å². The molecular weight excluding hydrogens is 273 g/mol. The van der Waals surface area contributed by atoms with E-state index in [0.29, 0.717) is 5.56 Å². The number of nitrogens with one attached hydrogen (secondary N) is 2. The van der Waals surface area contributed by atoms with Gasteiger partial charge in [0.1, 0.15) is 5.82 Å². The molecule has 21 heavy (non-hydrogen) atoms. The maximum atomic E-state index is 13.1. The number of carbonyl (C=O) groups excluding carboxylic acids is 2. The van der Waals surface area contributed by atoms with Gasteiger partial charge in [0.2, 0.25) is 11.8 Å². The molecule has 6 heteroatoms. The molecule has 0 bridgehead atoms. The van der Waals surface area contributed by atoms with Gasteiger partial charge in [-0.2, -0.15) is 0 Å². The summed E-state index contributed by atoms with van der Waals surface area (Å²) in [5, 5.41) is 5.14. The largest absolute Gasteiger partial charge is 0.350 e. The number of aryl methyl sites for hydroxylation is 1. The Morgan fingerprint density at radius 3 is 2.52 bits per heavy atom. The van der Waals surface area contributed by atoms with Crippen molar-refractivity contribution in [3.8, 4) is 0 Å². The molecule has 0 unspecified atom stereocenters. The van der Waals surface area contributed by atoms with Crippen molar-refractivity contribution in [2.45, 2.75) is 33.4 Å². The Bertz CT molecular complexity index is 518. The molecule has 1 aromatic rings. The number of hydrogen-bond acceptors (Lipinski definition) is 3. The predicted octanol–water partition coefficient (Wildman–Crippen LogP) is 0.850. The lowest BCUT2D eigenvalue weighted by molar-refractivity contribution is -0.127. The number of amides is 2. The zero-order valence-electron chi connectivity index (χ0n) is 12.6. The van der Waals surface area contributed by atoms with Crippen LogP contribution in [0.1, 0.15) is 25.0 Å². The molecule has 116 valence electrons. The average molecular weight is 295 g/mol. The molecule has 4 N–H and O–H groups in total. The van der Waals surface area contributed by atoms with Crippen LogP contribution in [0, 0.1) is 18.7 Å². The molecule has 0 aliphatic rings. The first kappa shape index (κ1) is 17.1. The Morgan fingerprint density at radius 1 is 1.29 bits per heavy atom. The molecule has 0 heterocycles. The Balaban J connectivity index is 2.37. The molecule has 0 fully saturated rings. The smallest absolute Gasteiger partial charge is 0.239 e.